The molecule has 4 rings (SSSR count). The summed E-state index contributed by atoms with van der Waals surface area (Å²) in [6.45, 7) is 0.0942. The highest BCUT2D eigenvalue weighted by Gasteiger charge is 2.10. The smallest absolute Gasteiger partial charge is 0.426 e. The Hall–Kier alpha value is -4.23. The second kappa shape index (κ2) is 11.6. The van der Waals surface area contributed by atoms with E-state index in [1.165, 1.54) is 11.3 Å². The van der Waals surface area contributed by atoms with Crippen LogP contribution in [-0.4, -0.2) is 17.0 Å². The van der Waals surface area contributed by atoms with Crippen molar-refractivity contribution in [3.05, 3.63) is 113 Å². The average Bonchev–Trinajstić information content (AvgIpc) is 3.35. The van der Waals surface area contributed by atoms with E-state index < -0.39 is 6.09 Å². The molecule has 0 aliphatic rings. The van der Waals surface area contributed by atoms with Crippen molar-refractivity contribution in [3.8, 4) is 10.6 Å². The summed E-state index contributed by atoms with van der Waals surface area (Å²) >= 11 is 1.47. The van der Waals surface area contributed by atoms with Gasteiger partial charge in [-0.3, -0.25) is 10.2 Å². The number of ether oxygens (including phenoxy) is 1. The maximum atomic E-state index is 12.1. The van der Waals surface area contributed by atoms with Gasteiger partial charge in [0.1, 0.15) is 11.6 Å². The fourth-order valence-electron chi connectivity index (χ4n) is 3.10. The number of carbonyl (C=O) groups excluding carboxylic acids is 2. The summed E-state index contributed by atoms with van der Waals surface area (Å²) in [6, 6.07) is 27.5. The molecule has 1 heterocycles. The van der Waals surface area contributed by atoms with Crippen LogP contribution < -0.4 is 10.9 Å². The van der Waals surface area contributed by atoms with Gasteiger partial charge in [0.15, 0.2) is 0 Å². The molecule has 0 radical (unpaired) electrons. The molecule has 3 aromatic carbocycles. The molecule has 0 atom stereocenters. The van der Waals surface area contributed by atoms with Crippen molar-refractivity contribution in [2.24, 2.45) is 0 Å². The van der Waals surface area contributed by atoms with Crippen molar-refractivity contribution in [1.29, 1.82) is 0 Å². The molecule has 2 N–H and O–H groups in total. The minimum Gasteiger partial charge on any atom is -0.443 e. The highest BCUT2D eigenvalue weighted by atomic mass is 32.1. The van der Waals surface area contributed by atoms with Crippen LogP contribution >= 0.6 is 11.3 Å². The van der Waals surface area contributed by atoms with E-state index in [4.69, 9.17) is 4.74 Å². The molecule has 0 fully saturated rings. The minimum atomic E-state index is -0.732. The van der Waals surface area contributed by atoms with Crippen molar-refractivity contribution in [2.45, 2.75) is 13.0 Å². The summed E-state index contributed by atoms with van der Waals surface area (Å²) in [7, 11) is 0. The summed E-state index contributed by atoms with van der Waals surface area (Å²) in [4.78, 5) is 28.5. The van der Waals surface area contributed by atoms with E-state index in [2.05, 4.69) is 15.8 Å². The van der Waals surface area contributed by atoms with Crippen LogP contribution in [0, 0.1) is 0 Å². The Morgan fingerprint density at radius 1 is 0.824 bits per heavy atom. The molecular weight excluding hydrogens is 446 g/mol. The molecule has 4 aromatic rings. The number of thiazole rings is 1. The van der Waals surface area contributed by atoms with E-state index in [9.17, 15) is 9.59 Å². The van der Waals surface area contributed by atoms with Crippen LogP contribution in [0.25, 0.3) is 22.7 Å². The van der Waals surface area contributed by atoms with E-state index in [0.717, 1.165) is 27.3 Å². The molecule has 7 heteroatoms. The average molecular weight is 470 g/mol. The molecule has 170 valence electrons. The van der Waals surface area contributed by atoms with Crippen LogP contribution in [0.1, 0.15) is 22.4 Å². The first-order valence-electron chi connectivity index (χ1n) is 10.7. The van der Waals surface area contributed by atoms with Gasteiger partial charge in [-0.1, -0.05) is 97.1 Å². The highest BCUT2D eigenvalue weighted by molar-refractivity contribution is 7.13. The number of nitrogens with one attached hydrogen (secondary N) is 2. The van der Waals surface area contributed by atoms with Crippen LogP contribution in [0.4, 0.5) is 4.79 Å². The van der Waals surface area contributed by atoms with Gasteiger partial charge in [0.25, 0.3) is 0 Å². The van der Waals surface area contributed by atoms with E-state index in [-0.39, 0.29) is 18.9 Å². The molecule has 0 aliphatic carbocycles. The molecule has 0 aliphatic heterocycles. The molecule has 2 amide bonds. The van der Waals surface area contributed by atoms with Crippen molar-refractivity contribution >= 4 is 35.5 Å². The highest BCUT2D eigenvalue weighted by Crippen LogP contribution is 2.23. The Morgan fingerprint density at radius 2 is 1.47 bits per heavy atom. The fraction of sp³-hybridized carbons (Fsp3) is 0.0741. The summed E-state index contributed by atoms with van der Waals surface area (Å²) in [5.74, 6) is -0.378. The number of hydrogen-bond donors (Lipinski definition) is 2. The SMILES string of the molecule is O=C(Cc1csc(-c2ccccc2)n1)NNC(=O)OCc1ccc(C=Cc2ccccc2)cc1. The van der Waals surface area contributed by atoms with Crippen LogP contribution in [0.5, 0.6) is 0 Å². The topological polar surface area (TPSA) is 80.3 Å². The predicted octanol–water partition coefficient (Wildman–Crippen LogP) is 5.48. The van der Waals surface area contributed by atoms with Crippen molar-refractivity contribution < 1.29 is 14.3 Å². The number of aromatic nitrogens is 1. The molecular formula is C27H23N3O3S. The van der Waals surface area contributed by atoms with Gasteiger partial charge in [0, 0.05) is 10.9 Å². The van der Waals surface area contributed by atoms with Crippen molar-refractivity contribution in [3.63, 3.8) is 0 Å². The zero-order valence-electron chi connectivity index (χ0n) is 18.3. The van der Waals surface area contributed by atoms with Gasteiger partial charge in [-0.15, -0.1) is 11.3 Å². The maximum Gasteiger partial charge on any atom is 0.426 e. The minimum absolute atomic E-state index is 0.0571. The Morgan fingerprint density at radius 3 is 2.18 bits per heavy atom. The number of carbonyl (C=O) groups is 2. The Balaban J connectivity index is 1.18. The number of hydrogen-bond acceptors (Lipinski definition) is 5. The van der Waals surface area contributed by atoms with Crippen LogP contribution in [0.3, 0.4) is 0 Å². The standard InChI is InChI=1S/C27H23N3O3S/c31-25(17-24-19-34-26(28-24)23-9-5-2-6-10-23)29-30-27(32)33-18-22-15-13-21(14-16-22)12-11-20-7-3-1-4-8-20/h1-16,19H,17-18H2,(H,29,31)(H,30,32). The normalized spacial score (nSPS) is 10.7. The molecule has 0 spiro atoms. The second-order valence-corrected chi connectivity index (χ2v) is 8.28. The lowest BCUT2D eigenvalue weighted by molar-refractivity contribution is -0.121. The molecule has 0 unspecified atom stereocenters. The van der Waals surface area contributed by atoms with E-state index in [0.29, 0.717) is 5.69 Å². The molecule has 0 saturated carbocycles. The molecule has 34 heavy (non-hydrogen) atoms. The number of nitrogens with zero attached hydrogens (tertiary/aromatic N) is 1. The second-order valence-electron chi connectivity index (χ2n) is 7.42. The largest absolute Gasteiger partial charge is 0.443 e. The van der Waals surface area contributed by atoms with Crippen LogP contribution in [0.15, 0.2) is 90.3 Å². The quantitative estimate of drug-likeness (QED) is 0.277. The summed E-state index contributed by atoms with van der Waals surface area (Å²) in [6.07, 6.45) is 3.38. The van der Waals surface area contributed by atoms with Gasteiger partial charge in [0.05, 0.1) is 12.1 Å². The summed E-state index contributed by atoms with van der Waals surface area (Å²) in [5, 5.41) is 2.68. The third-order valence-corrected chi connectivity index (χ3v) is 5.78. The first-order chi connectivity index (χ1) is 16.7. The predicted molar refractivity (Wildman–Crippen MR) is 135 cm³/mol. The van der Waals surface area contributed by atoms with Crippen LogP contribution in [0.2, 0.25) is 0 Å². The van der Waals surface area contributed by atoms with Gasteiger partial charge in [-0.25, -0.2) is 15.2 Å². The third kappa shape index (κ3) is 6.88. The van der Waals surface area contributed by atoms with Gasteiger partial charge in [0.2, 0.25) is 5.91 Å². The van der Waals surface area contributed by atoms with E-state index in [1.54, 1.807) is 0 Å². The van der Waals surface area contributed by atoms with Crippen molar-refractivity contribution in [2.75, 3.05) is 0 Å². The third-order valence-electron chi connectivity index (χ3n) is 4.84. The Kier molecular flexibility index (Phi) is 7.82. The summed E-state index contributed by atoms with van der Waals surface area (Å²) in [5.41, 5.74) is 9.26. The van der Waals surface area contributed by atoms with Gasteiger partial charge >= 0.3 is 6.09 Å². The first-order valence-corrected chi connectivity index (χ1v) is 11.6. The van der Waals surface area contributed by atoms with Gasteiger partial charge in [-0.05, 0) is 16.7 Å². The van der Waals surface area contributed by atoms with Gasteiger partial charge < -0.3 is 4.74 Å². The van der Waals surface area contributed by atoms with Crippen LogP contribution in [-0.2, 0) is 22.6 Å². The lowest BCUT2D eigenvalue weighted by Crippen LogP contribution is -2.42. The zero-order valence-corrected chi connectivity index (χ0v) is 19.1. The molecule has 0 bridgehead atoms. The molecule has 0 saturated heterocycles. The molecule has 6 nitrogen and oxygen atoms in total. The van der Waals surface area contributed by atoms with Gasteiger partial charge in [-0.2, -0.15) is 0 Å². The lowest BCUT2D eigenvalue weighted by atomic mass is 10.1. The Labute approximate surface area is 201 Å². The number of amides is 2. The van der Waals surface area contributed by atoms with Crippen molar-refractivity contribution in [1.82, 2.24) is 15.8 Å². The number of hydrazine groups is 1. The lowest BCUT2D eigenvalue weighted by Gasteiger charge is -2.08. The number of benzene rings is 3. The van der Waals surface area contributed by atoms with E-state index >= 15 is 0 Å². The fourth-order valence-corrected chi connectivity index (χ4v) is 3.92. The monoisotopic (exact) mass is 469 g/mol. The molecule has 1 aromatic heterocycles. The summed E-state index contributed by atoms with van der Waals surface area (Å²) < 4.78 is 5.16. The Bertz CT molecular complexity index is 1250. The zero-order chi connectivity index (χ0) is 23.6. The van der Waals surface area contributed by atoms with E-state index in [1.807, 2.05) is 102 Å². The maximum absolute atomic E-state index is 12.1. The number of rotatable bonds is 7. The first kappa shape index (κ1) is 22.9.